The number of hydrogen-bond donors (Lipinski definition) is 0. The van der Waals surface area contributed by atoms with Gasteiger partial charge in [0.15, 0.2) is 0 Å². The van der Waals surface area contributed by atoms with E-state index in [4.69, 9.17) is 0 Å². The van der Waals surface area contributed by atoms with Crippen LogP contribution in [0, 0.1) is 6.92 Å². The monoisotopic (exact) mass is 372 g/mol. The van der Waals surface area contributed by atoms with E-state index in [1.165, 1.54) is 21.3 Å². The SMILES string of the molecule is C=CCC(C([Se]C)=[N+](C)Cc1ccc(C)cc1)c1ccccc1. The van der Waals surface area contributed by atoms with Gasteiger partial charge in [-0.05, 0) is 0 Å². The van der Waals surface area contributed by atoms with Crippen molar-refractivity contribution in [3.63, 3.8) is 0 Å². The van der Waals surface area contributed by atoms with Crippen molar-refractivity contribution in [3.8, 4) is 0 Å². The Balaban J connectivity index is 2.32. The van der Waals surface area contributed by atoms with Gasteiger partial charge in [-0.25, -0.2) is 0 Å². The Morgan fingerprint density at radius 2 is 1.78 bits per heavy atom. The zero-order valence-corrected chi connectivity index (χ0v) is 16.0. The van der Waals surface area contributed by atoms with Gasteiger partial charge in [-0.3, -0.25) is 0 Å². The van der Waals surface area contributed by atoms with Gasteiger partial charge in [-0.2, -0.15) is 0 Å². The molecule has 120 valence electrons. The quantitative estimate of drug-likeness (QED) is 0.289. The van der Waals surface area contributed by atoms with Crippen LogP contribution in [0.25, 0.3) is 0 Å². The number of nitrogens with zero attached hydrogens (tertiary/aromatic N) is 1. The predicted octanol–water partition coefficient (Wildman–Crippen LogP) is 4.65. The van der Waals surface area contributed by atoms with E-state index < -0.39 is 0 Å². The second-order valence-electron chi connectivity index (χ2n) is 5.87. The van der Waals surface area contributed by atoms with Gasteiger partial charge in [0.05, 0.1) is 0 Å². The fraction of sp³-hybridized carbons (Fsp3) is 0.286. The Hall–Kier alpha value is -1.63. The zero-order valence-electron chi connectivity index (χ0n) is 14.3. The number of allylic oxidation sites excluding steroid dienone is 1. The third-order valence-electron chi connectivity index (χ3n) is 4.03. The van der Waals surface area contributed by atoms with Gasteiger partial charge < -0.3 is 0 Å². The summed E-state index contributed by atoms with van der Waals surface area (Å²) >= 11 is 0.461. The van der Waals surface area contributed by atoms with Crippen LogP contribution in [0.2, 0.25) is 5.82 Å². The van der Waals surface area contributed by atoms with E-state index in [1.807, 2.05) is 6.08 Å². The molecule has 0 fully saturated rings. The minimum atomic E-state index is 0.439. The molecule has 1 unspecified atom stereocenters. The first-order valence-corrected chi connectivity index (χ1v) is 10.6. The third-order valence-corrected chi connectivity index (χ3v) is 6.16. The second-order valence-corrected chi connectivity index (χ2v) is 7.61. The second kappa shape index (κ2) is 8.86. The summed E-state index contributed by atoms with van der Waals surface area (Å²) in [4.78, 5) is 0. The van der Waals surface area contributed by atoms with Crippen LogP contribution in [0.3, 0.4) is 0 Å². The standard InChI is InChI=1S/C21H26NSe/c1-5-9-20(19-10-7-6-8-11-19)21(23-4)22(3)16-18-14-12-17(2)13-15-18/h5-8,10-15,20H,1,9,16H2,2-4H3/q+1. The summed E-state index contributed by atoms with van der Waals surface area (Å²) in [5, 5.41) is 0. The number of benzene rings is 2. The molecule has 0 heterocycles. The average molecular weight is 371 g/mol. The minimum absolute atomic E-state index is 0.439. The fourth-order valence-electron chi connectivity index (χ4n) is 2.84. The molecule has 0 saturated carbocycles. The Bertz CT molecular complexity index is 656. The van der Waals surface area contributed by atoms with Gasteiger partial charge in [0.1, 0.15) is 0 Å². The molecule has 0 saturated heterocycles. The molecule has 0 aliphatic heterocycles. The molecule has 0 bridgehead atoms. The summed E-state index contributed by atoms with van der Waals surface area (Å²) < 4.78 is 3.97. The van der Waals surface area contributed by atoms with Crippen molar-refractivity contribution in [1.82, 2.24) is 0 Å². The van der Waals surface area contributed by atoms with Crippen LogP contribution in [-0.4, -0.2) is 31.2 Å². The first-order valence-electron chi connectivity index (χ1n) is 7.99. The van der Waals surface area contributed by atoms with Crippen molar-refractivity contribution in [2.75, 3.05) is 7.05 Å². The Kier molecular flexibility index (Phi) is 6.83. The van der Waals surface area contributed by atoms with E-state index in [2.05, 4.69) is 85.5 Å². The molecular weight excluding hydrogens is 345 g/mol. The first kappa shape index (κ1) is 17.7. The Morgan fingerprint density at radius 1 is 1.13 bits per heavy atom. The molecule has 0 aliphatic carbocycles. The van der Waals surface area contributed by atoms with Crippen LogP contribution in [-0.2, 0) is 6.54 Å². The van der Waals surface area contributed by atoms with Crippen molar-refractivity contribution in [2.45, 2.75) is 31.6 Å². The number of rotatable bonds is 7. The first-order chi connectivity index (χ1) is 11.2. The van der Waals surface area contributed by atoms with Crippen LogP contribution in [0.15, 0.2) is 67.3 Å². The summed E-state index contributed by atoms with van der Waals surface area (Å²) in [5.41, 5.74) is 4.07. The summed E-state index contributed by atoms with van der Waals surface area (Å²) in [6, 6.07) is 19.7. The van der Waals surface area contributed by atoms with E-state index in [0.717, 1.165) is 13.0 Å². The summed E-state index contributed by atoms with van der Waals surface area (Å²) in [7, 11) is 2.22. The van der Waals surface area contributed by atoms with E-state index in [0.29, 0.717) is 20.9 Å². The van der Waals surface area contributed by atoms with Crippen LogP contribution in [0.4, 0.5) is 0 Å². The number of hydrogen-bond acceptors (Lipinski definition) is 0. The van der Waals surface area contributed by atoms with Crippen molar-refractivity contribution < 1.29 is 4.58 Å². The fourth-order valence-corrected chi connectivity index (χ4v) is 4.71. The molecule has 2 aromatic carbocycles. The van der Waals surface area contributed by atoms with Gasteiger partial charge in [-0.1, -0.05) is 0 Å². The predicted molar refractivity (Wildman–Crippen MR) is 102 cm³/mol. The van der Waals surface area contributed by atoms with E-state index in [-0.39, 0.29) is 0 Å². The molecule has 0 aliphatic rings. The van der Waals surface area contributed by atoms with Crippen LogP contribution in [0.5, 0.6) is 0 Å². The average Bonchev–Trinajstić information content (AvgIpc) is 2.57. The summed E-state index contributed by atoms with van der Waals surface area (Å²) in [6.07, 6.45) is 3.04. The van der Waals surface area contributed by atoms with Crippen LogP contribution in [0.1, 0.15) is 29.0 Å². The van der Waals surface area contributed by atoms with Gasteiger partial charge in [0.2, 0.25) is 0 Å². The molecule has 1 atom stereocenters. The van der Waals surface area contributed by atoms with E-state index >= 15 is 0 Å². The van der Waals surface area contributed by atoms with E-state index in [1.54, 1.807) is 0 Å². The van der Waals surface area contributed by atoms with Gasteiger partial charge in [-0.15, -0.1) is 0 Å². The van der Waals surface area contributed by atoms with Crippen LogP contribution >= 0.6 is 0 Å². The molecule has 0 amide bonds. The molecule has 0 radical (unpaired) electrons. The third kappa shape index (κ3) is 4.92. The molecule has 23 heavy (non-hydrogen) atoms. The molecule has 1 nitrogen and oxygen atoms in total. The van der Waals surface area contributed by atoms with Crippen molar-refractivity contribution in [2.24, 2.45) is 0 Å². The number of aryl methyl sites for hydroxylation is 1. The molecule has 2 rings (SSSR count). The van der Waals surface area contributed by atoms with Gasteiger partial charge in [0, 0.05) is 0 Å². The zero-order chi connectivity index (χ0) is 16.7. The molecule has 0 N–H and O–H groups in total. The normalized spacial score (nSPS) is 13.3. The van der Waals surface area contributed by atoms with Crippen molar-refractivity contribution >= 4 is 19.6 Å². The van der Waals surface area contributed by atoms with E-state index in [9.17, 15) is 0 Å². The maximum atomic E-state index is 3.97. The van der Waals surface area contributed by atoms with Crippen LogP contribution < -0.4 is 0 Å². The summed E-state index contributed by atoms with van der Waals surface area (Å²) in [5.74, 6) is 2.75. The van der Waals surface area contributed by atoms with Crippen molar-refractivity contribution in [1.29, 1.82) is 0 Å². The molecule has 2 aromatic rings. The molecule has 2 heteroatoms. The van der Waals surface area contributed by atoms with Crippen molar-refractivity contribution in [3.05, 3.63) is 83.9 Å². The Morgan fingerprint density at radius 3 is 2.35 bits per heavy atom. The topological polar surface area (TPSA) is 3.01 Å². The molecule has 0 spiro atoms. The molecular formula is C21H26NSe+. The Labute approximate surface area is 146 Å². The van der Waals surface area contributed by atoms with Gasteiger partial charge in [0.25, 0.3) is 0 Å². The summed E-state index contributed by atoms with van der Waals surface area (Å²) in [6.45, 7) is 7.07. The van der Waals surface area contributed by atoms with Gasteiger partial charge >= 0.3 is 147 Å². The maximum absolute atomic E-state index is 3.97. The molecule has 0 aromatic heterocycles.